The van der Waals surface area contributed by atoms with E-state index in [1.165, 1.54) is 0 Å². The van der Waals surface area contributed by atoms with Gasteiger partial charge in [0.05, 0.1) is 0 Å². The number of aromatic hydroxyl groups is 1. The second-order valence-electron chi connectivity index (χ2n) is 5.51. The van der Waals surface area contributed by atoms with Crippen molar-refractivity contribution < 1.29 is 5.11 Å². The lowest BCUT2D eigenvalue weighted by atomic mass is 9.80. The van der Waals surface area contributed by atoms with E-state index in [1.807, 2.05) is 24.3 Å². The molecule has 0 aliphatic carbocycles. The number of fused-ring (bicyclic) bond motifs is 1. The van der Waals surface area contributed by atoms with Gasteiger partial charge >= 0.3 is 0 Å². The van der Waals surface area contributed by atoms with Crippen LogP contribution in [-0.2, 0) is 5.41 Å². The van der Waals surface area contributed by atoms with Crippen molar-refractivity contribution >= 4 is 10.8 Å². The molecular formula is C17H15NO. The molecule has 0 spiro atoms. The standard InChI is InChI=1S/C17H15NO/c1-17(2,3)16-12(5-4-10-18)6-7-13-11-14(19)8-9-15(13)16/h6-9,11,19H,1-3H3. The van der Waals surface area contributed by atoms with Crippen LogP contribution in [0.4, 0.5) is 0 Å². The van der Waals surface area contributed by atoms with Crippen molar-refractivity contribution in [2.45, 2.75) is 26.2 Å². The van der Waals surface area contributed by atoms with Gasteiger partial charge in [0.15, 0.2) is 6.07 Å². The Hall–Kier alpha value is -2.45. The zero-order valence-corrected chi connectivity index (χ0v) is 11.3. The second kappa shape index (κ2) is 4.67. The van der Waals surface area contributed by atoms with Gasteiger partial charge in [0.2, 0.25) is 0 Å². The summed E-state index contributed by atoms with van der Waals surface area (Å²) in [6.07, 6.45) is 0. The molecule has 2 heteroatoms. The Morgan fingerprint density at radius 1 is 1.11 bits per heavy atom. The molecule has 0 fully saturated rings. The van der Waals surface area contributed by atoms with Gasteiger partial charge in [-0.1, -0.05) is 38.8 Å². The Kier molecular flexibility index (Phi) is 3.19. The van der Waals surface area contributed by atoms with Crippen molar-refractivity contribution in [3.63, 3.8) is 0 Å². The highest BCUT2D eigenvalue weighted by Crippen LogP contribution is 2.34. The van der Waals surface area contributed by atoms with Crippen LogP contribution in [0.2, 0.25) is 0 Å². The quantitative estimate of drug-likeness (QED) is 0.723. The van der Waals surface area contributed by atoms with Gasteiger partial charge in [-0.25, -0.2) is 0 Å². The lowest BCUT2D eigenvalue weighted by molar-refractivity contribution is 0.476. The van der Waals surface area contributed by atoms with Gasteiger partial charge in [-0.2, -0.15) is 5.26 Å². The maximum absolute atomic E-state index is 9.56. The third-order valence-corrected chi connectivity index (χ3v) is 3.01. The molecule has 0 aliphatic rings. The number of phenolic OH excluding ortho intramolecular Hbond substituents is 1. The van der Waals surface area contributed by atoms with Crippen molar-refractivity contribution in [3.05, 3.63) is 41.5 Å². The van der Waals surface area contributed by atoms with E-state index in [2.05, 4.69) is 32.6 Å². The topological polar surface area (TPSA) is 44.0 Å². The van der Waals surface area contributed by atoms with Crippen LogP contribution in [0.5, 0.6) is 5.75 Å². The molecule has 0 radical (unpaired) electrons. The molecule has 0 saturated carbocycles. The largest absolute Gasteiger partial charge is 0.508 e. The minimum Gasteiger partial charge on any atom is -0.508 e. The summed E-state index contributed by atoms with van der Waals surface area (Å²) < 4.78 is 0. The Morgan fingerprint density at radius 3 is 2.47 bits per heavy atom. The highest BCUT2D eigenvalue weighted by molar-refractivity contribution is 5.89. The van der Waals surface area contributed by atoms with E-state index in [9.17, 15) is 5.11 Å². The molecule has 2 nitrogen and oxygen atoms in total. The summed E-state index contributed by atoms with van der Waals surface area (Å²) >= 11 is 0. The van der Waals surface area contributed by atoms with E-state index >= 15 is 0 Å². The van der Waals surface area contributed by atoms with E-state index < -0.39 is 0 Å². The van der Waals surface area contributed by atoms with Gasteiger partial charge in [-0.15, -0.1) is 0 Å². The fourth-order valence-electron chi connectivity index (χ4n) is 2.32. The van der Waals surface area contributed by atoms with Gasteiger partial charge in [-0.3, -0.25) is 0 Å². The summed E-state index contributed by atoms with van der Waals surface area (Å²) in [6, 6.07) is 11.0. The summed E-state index contributed by atoms with van der Waals surface area (Å²) in [6.45, 7) is 6.35. The predicted octanol–water partition coefficient (Wildman–Crippen LogP) is 3.72. The lowest BCUT2D eigenvalue weighted by Gasteiger charge is -2.23. The van der Waals surface area contributed by atoms with Gasteiger partial charge in [0.25, 0.3) is 0 Å². The smallest absolute Gasteiger partial charge is 0.152 e. The third-order valence-electron chi connectivity index (χ3n) is 3.01. The third kappa shape index (κ3) is 2.54. The number of hydrogen-bond donors (Lipinski definition) is 1. The molecule has 0 unspecified atom stereocenters. The summed E-state index contributed by atoms with van der Waals surface area (Å²) in [5.41, 5.74) is 1.88. The molecule has 0 saturated heterocycles. The Morgan fingerprint density at radius 2 is 1.84 bits per heavy atom. The van der Waals surface area contributed by atoms with Gasteiger partial charge in [0.1, 0.15) is 5.75 Å². The molecule has 2 aromatic carbocycles. The number of rotatable bonds is 0. The molecule has 0 heterocycles. The number of nitriles is 1. The molecule has 0 aliphatic heterocycles. The number of nitrogens with zero attached hydrogens (tertiary/aromatic N) is 1. The molecule has 1 N–H and O–H groups in total. The molecule has 19 heavy (non-hydrogen) atoms. The first-order valence-electron chi connectivity index (χ1n) is 6.10. The van der Waals surface area contributed by atoms with Crippen molar-refractivity contribution in [2.24, 2.45) is 0 Å². The van der Waals surface area contributed by atoms with Crippen LogP contribution < -0.4 is 0 Å². The first kappa shape index (κ1) is 13.0. The number of benzene rings is 2. The maximum Gasteiger partial charge on any atom is 0.152 e. The minimum atomic E-state index is -0.0873. The van der Waals surface area contributed by atoms with Gasteiger partial charge in [0, 0.05) is 11.5 Å². The Labute approximate surface area is 113 Å². The molecule has 2 aromatic rings. The van der Waals surface area contributed by atoms with E-state index in [4.69, 9.17) is 5.26 Å². The van der Waals surface area contributed by atoms with E-state index in [0.717, 1.165) is 21.9 Å². The fourth-order valence-corrected chi connectivity index (χ4v) is 2.32. The van der Waals surface area contributed by atoms with Gasteiger partial charge < -0.3 is 5.11 Å². The highest BCUT2D eigenvalue weighted by atomic mass is 16.3. The van der Waals surface area contributed by atoms with Crippen LogP contribution in [0, 0.1) is 23.2 Å². The first-order valence-corrected chi connectivity index (χ1v) is 6.10. The minimum absolute atomic E-state index is 0.0873. The summed E-state index contributed by atoms with van der Waals surface area (Å²) in [4.78, 5) is 0. The van der Waals surface area contributed by atoms with E-state index in [-0.39, 0.29) is 11.2 Å². The summed E-state index contributed by atoms with van der Waals surface area (Å²) in [5.74, 6) is 5.61. The van der Waals surface area contributed by atoms with Gasteiger partial charge in [-0.05, 0) is 39.9 Å². The van der Waals surface area contributed by atoms with Crippen molar-refractivity contribution in [1.29, 1.82) is 5.26 Å². The van der Waals surface area contributed by atoms with Crippen LogP contribution in [-0.4, -0.2) is 5.11 Å². The summed E-state index contributed by atoms with van der Waals surface area (Å²) in [7, 11) is 0. The van der Waals surface area contributed by atoms with Crippen LogP contribution in [0.3, 0.4) is 0 Å². The Bertz CT molecular complexity index is 734. The SMILES string of the molecule is CC(C)(C)c1c(C#CC#N)ccc2cc(O)ccc12. The zero-order chi connectivity index (χ0) is 14.0. The molecular weight excluding hydrogens is 234 g/mol. The molecule has 0 aromatic heterocycles. The van der Waals surface area contributed by atoms with Crippen molar-refractivity contribution in [2.75, 3.05) is 0 Å². The van der Waals surface area contributed by atoms with Crippen molar-refractivity contribution in [3.8, 4) is 23.7 Å². The molecule has 94 valence electrons. The van der Waals surface area contributed by atoms with E-state index in [1.54, 1.807) is 12.1 Å². The number of hydrogen-bond acceptors (Lipinski definition) is 2. The average Bonchev–Trinajstić information content (AvgIpc) is 2.34. The lowest BCUT2D eigenvalue weighted by Crippen LogP contribution is -2.14. The van der Waals surface area contributed by atoms with Crippen molar-refractivity contribution in [1.82, 2.24) is 0 Å². The molecule has 0 amide bonds. The normalized spacial score (nSPS) is 10.6. The van der Waals surface area contributed by atoms with Crippen LogP contribution in [0.1, 0.15) is 31.9 Å². The highest BCUT2D eigenvalue weighted by Gasteiger charge is 2.20. The monoisotopic (exact) mass is 249 g/mol. The second-order valence-corrected chi connectivity index (χ2v) is 5.51. The molecule has 2 rings (SSSR count). The number of phenols is 1. The average molecular weight is 249 g/mol. The fraction of sp³-hybridized carbons (Fsp3) is 0.235. The predicted molar refractivity (Wildman–Crippen MR) is 76.8 cm³/mol. The first-order chi connectivity index (χ1) is 8.93. The maximum atomic E-state index is 9.56. The van der Waals surface area contributed by atoms with Crippen LogP contribution in [0.15, 0.2) is 30.3 Å². The molecule has 0 bridgehead atoms. The van der Waals surface area contributed by atoms with E-state index in [0.29, 0.717) is 0 Å². The zero-order valence-electron chi connectivity index (χ0n) is 11.3. The van der Waals surface area contributed by atoms with Crippen LogP contribution >= 0.6 is 0 Å². The summed E-state index contributed by atoms with van der Waals surface area (Å²) in [5, 5.41) is 20.2. The molecule has 0 atom stereocenters. The Balaban J connectivity index is 2.86. The van der Waals surface area contributed by atoms with Crippen LogP contribution in [0.25, 0.3) is 10.8 Å².